The van der Waals surface area contributed by atoms with E-state index in [0.29, 0.717) is 6.61 Å². The van der Waals surface area contributed by atoms with E-state index in [1.807, 2.05) is 60.7 Å². The summed E-state index contributed by atoms with van der Waals surface area (Å²) in [6, 6.07) is 18.7. The summed E-state index contributed by atoms with van der Waals surface area (Å²) < 4.78 is 5.53. The van der Waals surface area contributed by atoms with Gasteiger partial charge in [-0.05, 0) is 17.5 Å². The van der Waals surface area contributed by atoms with Crippen LogP contribution >= 0.6 is 0 Å². The number of carbonyl (C=O) groups is 2. The second kappa shape index (κ2) is 8.85. The minimum Gasteiger partial charge on any atom is -0.550 e. The second-order valence-corrected chi connectivity index (χ2v) is 7.12. The number of esters is 1. The van der Waals surface area contributed by atoms with Gasteiger partial charge in [-0.1, -0.05) is 80.4 Å². The maximum Gasteiger partial charge on any atom is 0.310 e. The summed E-state index contributed by atoms with van der Waals surface area (Å²) in [4.78, 5) is 24.8. The standard InChI is InChI=1S/C23H26O4/c1-2-3-10-15-27-23(26)21-18(16-11-6-4-7-12-16)20(22(24)25)19(21)17-13-8-5-9-14-17/h4-9,11-14,18-21H,2-3,10,15H2,1H3,(H,24,25)/p-1. The van der Waals surface area contributed by atoms with E-state index >= 15 is 0 Å². The Bertz CT molecular complexity index is 709. The first-order valence-corrected chi connectivity index (χ1v) is 9.62. The first-order valence-electron chi connectivity index (χ1n) is 9.62. The lowest BCUT2D eigenvalue weighted by atomic mass is 9.52. The van der Waals surface area contributed by atoms with Crippen molar-refractivity contribution in [3.63, 3.8) is 0 Å². The van der Waals surface area contributed by atoms with E-state index in [0.717, 1.165) is 30.4 Å². The van der Waals surface area contributed by atoms with Crippen LogP contribution in [0.25, 0.3) is 0 Å². The molecule has 0 saturated heterocycles. The lowest BCUT2D eigenvalue weighted by Gasteiger charge is -2.51. The molecule has 2 unspecified atom stereocenters. The van der Waals surface area contributed by atoms with Crippen molar-refractivity contribution in [1.29, 1.82) is 0 Å². The van der Waals surface area contributed by atoms with Crippen molar-refractivity contribution in [2.45, 2.75) is 38.0 Å². The lowest BCUT2D eigenvalue weighted by molar-refractivity contribution is -0.317. The van der Waals surface area contributed by atoms with Gasteiger partial charge in [0.15, 0.2) is 0 Å². The number of unbranched alkanes of at least 4 members (excludes halogenated alkanes) is 2. The summed E-state index contributed by atoms with van der Waals surface area (Å²) in [5.41, 5.74) is 1.68. The number of rotatable bonds is 8. The van der Waals surface area contributed by atoms with Crippen LogP contribution in [0.2, 0.25) is 0 Å². The molecule has 1 fully saturated rings. The van der Waals surface area contributed by atoms with Crippen LogP contribution in [0.15, 0.2) is 60.7 Å². The van der Waals surface area contributed by atoms with Gasteiger partial charge in [0.05, 0.1) is 12.5 Å². The van der Waals surface area contributed by atoms with Crippen molar-refractivity contribution >= 4 is 11.9 Å². The van der Waals surface area contributed by atoms with Crippen molar-refractivity contribution in [2.24, 2.45) is 11.8 Å². The second-order valence-electron chi connectivity index (χ2n) is 7.12. The van der Waals surface area contributed by atoms with Crippen LogP contribution in [-0.2, 0) is 14.3 Å². The molecular weight excluding hydrogens is 340 g/mol. The molecule has 4 nitrogen and oxygen atoms in total. The average molecular weight is 365 g/mol. The molecular formula is C23H25O4-. The predicted molar refractivity (Wildman–Crippen MR) is 101 cm³/mol. The van der Waals surface area contributed by atoms with E-state index in [1.165, 1.54) is 0 Å². The number of ether oxygens (including phenoxy) is 1. The highest BCUT2D eigenvalue weighted by Gasteiger charge is 2.56. The largest absolute Gasteiger partial charge is 0.550 e. The number of hydrogen-bond donors (Lipinski definition) is 0. The van der Waals surface area contributed by atoms with Crippen molar-refractivity contribution in [3.05, 3.63) is 71.8 Å². The molecule has 0 spiro atoms. The summed E-state index contributed by atoms with van der Waals surface area (Å²) in [6.07, 6.45) is 2.88. The molecule has 3 rings (SSSR count). The van der Waals surface area contributed by atoms with Gasteiger partial charge in [-0.2, -0.15) is 0 Å². The summed E-state index contributed by atoms with van der Waals surface area (Å²) in [7, 11) is 0. The van der Waals surface area contributed by atoms with E-state index in [-0.39, 0.29) is 5.97 Å². The minimum absolute atomic E-state index is 0.314. The van der Waals surface area contributed by atoms with E-state index in [1.54, 1.807) is 0 Å². The molecule has 142 valence electrons. The Morgan fingerprint density at radius 2 is 1.37 bits per heavy atom. The highest BCUT2D eigenvalue weighted by atomic mass is 16.5. The number of hydrogen-bond acceptors (Lipinski definition) is 4. The van der Waals surface area contributed by atoms with Gasteiger partial charge >= 0.3 is 5.97 Å². The van der Waals surface area contributed by atoms with E-state index in [2.05, 4.69) is 6.92 Å². The zero-order valence-electron chi connectivity index (χ0n) is 15.5. The lowest BCUT2D eigenvalue weighted by Crippen LogP contribution is -2.55. The molecule has 0 aromatic heterocycles. The fourth-order valence-electron chi connectivity index (χ4n) is 4.14. The maximum atomic E-state index is 12.9. The number of benzene rings is 2. The Hall–Kier alpha value is -2.62. The third kappa shape index (κ3) is 4.05. The van der Waals surface area contributed by atoms with E-state index < -0.39 is 29.6 Å². The third-order valence-electron chi connectivity index (χ3n) is 5.45. The van der Waals surface area contributed by atoms with E-state index in [9.17, 15) is 14.7 Å². The molecule has 1 saturated carbocycles. The van der Waals surface area contributed by atoms with Gasteiger partial charge in [0.2, 0.25) is 0 Å². The highest BCUT2D eigenvalue weighted by molar-refractivity contribution is 5.83. The SMILES string of the molecule is CCCCCOC(=O)C1C(c2ccccc2)C(C(=O)[O-])C1c1ccccc1. The van der Waals surface area contributed by atoms with Gasteiger partial charge in [0, 0.05) is 23.7 Å². The van der Waals surface area contributed by atoms with Crippen molar-refractivity contribution in [1.82, 2.24) is 0 Å². The molecule has 4 heteroatoms. The molecule has 0 N–H and O–H groups in total. The van der Waals surface area contributed by atoms with Crippen LogP contribution in [0.1, 0.15) is 49.1 Å². The van der Waals surface area contributed by atoms with Crippen LogP contribution in [0.3, 0.4) is 0 Å². The van der Waals surface area contributed by atoms with Gasteiger partial charge in [-0.3, -0.25) is 4.79 Å². The average Bonchev–Trinajstić information content (AvgIpc) is 2.66. The van der Waals surface area contributed by atoms with Gasteiger partial charge in [-0.15, -0.1) is 0 Å². The Labute approximate surface area is 160 Å². The molecule has 0 heterocycles. The summed E-state index contributed by atoms with van der Waals surface area (Å²) >= 11 is 0. The molecule has 2 aromatic rings. The monoisotopic (exact) mass is 365 g/mol. The van der Waals surface area contributed by atoms with E-state index in [4.69, 9.17) is 4.74 Å². The van der Waals surface area contributed by atoms with Crippen LogP contribution in [0.5, 0.6) is 0 Å². The summed E-state index contributed by atoms with van der Waals surface area (Å²) in [5, 5.41) is 12.0. The van der Waals surface area contributed by atoms with Gasteiger partial charge < -0.3 is 14.6 Å². The molecule has 1 aliphatic carbocycles. The number of carboxylic acids is 1. The normalized spacial score (nSPS) is 24.0. The Morgan fingerprint density at radius 1 is 0.852 bits per heavy atom. The van der Waals surface area contributed by atoms with Crippen molar-refractivity contribution in [3.8, 4) is 0 Å². The number of carboxylic acid groups (broad SMARTS) is 1. The minimum atomic E-state index is -1.12. The molecule has 0 aliphatic heterocycles. The number of carbonyl (C=O) groups excluding carboxylic acids is 2. The third-order valence-corrected chi connectivity index (χ3v) is 5.45. The Balaban J connectivity index is 1.90. The zero-order chi connectivity index (χ0) is 19.2. The Morgan fingerprint density at radius 3 is 1.81 bits per heavy atom. The number of aliphatic carboxylic acids is 1. The Kier molecular flexibility index (Phi) is 6.28. The molecule has 2 aromatic carbocycles. The quantitative estimate of drug-likeness (QED) is 0.532. The fraction of sp³-hybridized carbons (Fsp3) is 0.391. The molecule has 1 aliphatic rings. The van der Waals surface area contributed by atoms with Gasteiger partial charge in [0.1, 0.15) is 0 Å². The molecule has 27 heavy (non-hydrogen) atoms. The molecule has 2 atom stereocenters. The topological polar surface area (TPSA) is 66.4 Å². The molecule has 0 amide bonds. The smallest absolute Gasteiger partial charge is 0.310 e. The fourth-order valence-corrected chi connectivity index (χ4v) is 4.14. The first kappa shape index (κ1) is 19.2. The highest BCUT2D eigenvalue weighted by Crippen LogP contribution is 2.57. The van der Waals surface area contributed by atoms with Crippen LogP contribution < -0.4 is 5.11 Å². The van der Waals surface area contributed by atoms with Crippen molar-refractivity contribution in [2.75, 3.05) is 6.61 Å². The summed E-state index contributed by atoms with van der Waals surface area (Å²) in [6.45, 7) is 2.47. The molecule has 0 bridgehead atoms. The predicted octanol–water partition coefficient (Wildman–Crippen LogP) is 3.28. The van der Waals surface area contributed by atoms with Gasteiger partial charge in [-0.25, -0.2) is 0 Å². The van der Waals surface area contributed by atoms with Gasteiger partial charge in [0.25, 0.3) is 0 Å². The maximum absolute atomic E-state index is 12.9. The van der Waals surface area contributed by atoms with Crippen LogP contribution in [0.4, 0.5) is 0 Å². The molecule has 0 radical (unpaired) electrons. The first-order chi connectivity index (χ1) is 13.1. The van der Waals surface area contributed by atoms with Crippen molar-refractivity contribution < 1.29 is 19.4 Å². The van der Waals surface area contributed by atoms with Crippen LogP contribution in [0, 0.1) is 11.8 Å². The summed E-state index contributed by atoms with van der Waals surface area (Å²) in [5.74, 6) is -3.55. The zero-order valence-corrected chi connectivity index (χ0v) is 15.5. The van der Waals surface area contributed by atoms with Crippen LogP contribution in [-0.4, -0.2) is 18.5 Å².